The molecule has 5 aromatic rings. The Balaban J connectivity index is 1.43. The number of nitrogens with one attached hydrogen (secondary N) is 1. The minimum atomic E-state index is -0.399. The predicted molar refractivity (Wildman–Crippen MR) is 120 cm³/mol. The number of anilines is 2. The van der Waals surface area contributed by atoms with Crippen molar-refractivity contribution in [3.8, 4) is 22.5 Å². The van der Waals surface area contributed by atoms with Crippen molar-refractivity contribution in [2.45, 2.75) is 6.42 Å². The molecule has 0 aliphatic carbocycles. The zero-order valence-corrected chi connectivity index (χ0v) is 17.4. The van der Waals surface area contributed by atoms with Gasteiger partial charge >= 0.3 is 0 Å². The van der Waals surface area contributed by atoms with Gasteiger partial charge in [-0.05, 0) is 47.9 Å². The van der Waals surface area contributed by atoms with Gasteiger partial charge in [0.25, 0.3) is 0 Å². The maximum absolute atomic E-state index is 13.9. The second kappa shape index (κ2) is 7.35. The highest BCUT2D eigenvalue weighted by atomic mass is 35.5. The molecule has 3 aromatic heterocycles. The van der Waals surface area contributed by atoms with Crippen molar-refractivity contribution in [3.05, 3.63) is 77.6 Å². The van der Waals surface area contributed by atoms with Gasteiger partial charge in [-0.3, -0.25) is 4.98 Å². The monoisotopic (exact) mass is 443 g/mol. The summed E-state index contributed by atoms with van der Waals surface area (Å²) < 4.78 is 13.9. The highest BCUT2D eigenvalue weighted by molar-refractivity contribution is 6.31. The van der Waals surface area contributed by atoms with E-state index in [-0.39, 0.29) is 5.02 Å². The van der Waals surface area contributed by atoms with Crippen LogP contribution in [0.25, 0.3) is 33.4 Å². The number of H-pyrrole nitrogens is 1. The first kappa shape index (κ1) is 18.8. The fourth-order valence-corrected chi connectivity index (χ4v) is 4.24. The Bertz CT molecular complexity index is 1450. The maximum atomic E-state index is 13.9. The summed E-state index contributed by atoms with van der Waals surface area (Å²) in [7, 11) is 0. The molecule has 0 radical (unpaired) electrons. The number of hydrogen-bond donors (Lipinski definition) is 1. The normalized spacial score (nSPS) is 13.0. The molecule has 6 rings (SSSR count). The summed E-state index contributed by atoms with van der Waals surface area (Å²) in [6.45, 7) is 0.694. The van der Waals surface area contributed by atoms with Gasteiger partial charge in [0.2, 0.25) is 0 Å². The Labute approximate surface area is 186 Å². The van der Waals surface area contributed by atoms with E-state index in [0.29, 0.717) is 12.2 Å². The van der Waals surface area contributed by atoms with Crippen molar-refractivity contribution in [1.82, 2.24) is 30.4 Å². The fourth-order valence-electron chi connectivity index (χ4n) is 4.08. The van der Waals surface area contributed by atoms with Gasteiger partial charge in [-0.1, -0.05) is 23.7 Å². The van der Waals surface area contributed by atoms with E-state index in [9.17, 15) is 4.39 Å². The van der Waals surface area contributed by atoms with Crippen LogP contribution in [0, 0.1) is 5.82 Å². The fraction of sp³-hybridized carbons (Fsp3) is 0.0870. The smallest absolute Gasteiger partial charge is 0.144 e. The molecule has 4 heterocycles. The van der Waals surface area contributed by atoms with Crippen LogP contribution in [0.1, 0.15) is 5.56 Å². The Morgan fingerprint density at radius 3 is 2.66 bits per heavy atom. The average Bonchev–Trinajstić information content (AvgIpc) is 3.49. The summed E-state index contributed by atoms with van der Waals surface area (Å²) in [6.07, 6.45) is 5.72. The quantitative estimate of drug-likeness (QED) is 0.424. The molecule has 0 bridgehead atoms. The van der Waals surface area contributed by atoms with E-state index in [1.165, 1.54) is 6.07 Å². The summed E-state index contributed by atoms with van der Waals surface area (Å²) in [6, 6.07) is 13.1. The highest BCUT2D eigenvalue weighted by Gasteiger charge is 2.25. The molecule has 1 N–H and O–H groups in total. The molecule has 0 unspecified atom stereocenters. The Morgan fingerprint density at radius 2 is 1.84 bits per heavy atom. The molecular weight excluding hydrogens is 429 g/mol. The number of nitrogens with zero attached hydrogens (tertiary/aromatic N) is 6. The van der Waals surface area contributed by atoms with Crippen molar-refractivity contribution in [1.29, 1.82) is 0 Å². The molecule has 32 heavy (non-hydrogen) atoms. The van der Waals surface area contributed by atoms with Crippen molar-refractivity contribution in [2.24, 2.45) is 0 Å². The summed E-state index contributed by atoms with van der Waals surface area (Å²) in [5.74, 6) is 0.370. The number of fused-ring (bicyclic) bond motifs is 2. The third kappa shape index (κ3) is 3.07. The molecule has 0 atom stereocenters. The molecule has 1 aliphatic rings. The van der Waals surface area contributed by atoms with Crippen LogP contribution in [0.15, 0.2) is 61.2 Å². The molecule has 1 aliphatic heterocycles. The van der Waals surface area contributed by atoms with Crippen LogP contribution in [0.5, 0.6) is 0 Å². The zero-order valence-electron chi connectivity index (χ0n) is 16.6. The third-order valence-electron chi connectivity index (χ3n) is 5.66. The summed E-state index contributed by atoms with van der Waals surface area (Å²) in [5.41, 5.74) is 6.00. The average molecular weight is 444 g/mol. The van der Waals surface area contributed by atoms with Gasteiger partial charge in [0, 0.05) is 29.4 Å². The molecule has 7 nitrogen and oxygen atoms in total. The van der Waals surface area contributed by atoms with Crippen LogP contribution in [0.3, 0.4) is 0 Å². The number of aromatic nitrogens is 6. The van der Waals surface area contributed by atoms with Crippen LogP contribution >= 0.6 is 11.6 Å². The topological polar surface area (TPSA) is 83.5 Å². The number of hydrogen-bond acceptors (Lipinski definition) is 6. The van der Waals surface area contributed by atoms with E-state index in [1.807, 2.05) is 30.5 Å². The van der Waals surface area contributed by atoms with Crippen molar-refractivity contribution in [2.75, 3.05) is 11.4 Å². The van der Waals surface area contributed by atoms with Crippen molar-refractivity contribution < 1.29 is 4.39 Å². The second-order valence-electron chi connectivity index (χ2n) is 7.51. The van der Waals surface area contributed by atoms with Crippen molar-refractivity contribution in [3.63, 3.8) is 0 Å². The van der Waals surface area contributed by atoms with E-state index >= 15 is 0 Å². The molecule has 156 valence electrons. The largest absolute Gasteiger partial charge is 0.325 e. The van der Waals surface area contributed by atoms with E-state index in [4.69, 9.17) is 11.6 Å². The van der Waals surface area contributed by atoms with Crippen LogP contribution in [-0.4, -0.2) is 36.9 Å². The molecule has 2 aromatic carbocycles. The minimum absolute atomic E-state index is 0.105. The van der Waals surface area contributed by atoms with Crippen LogP contribution in [-0.2, 0) is 6.42 Å². The van der Waals surface area contributed by atoms with Gasteiger partial charge in [0.05, 0.1) is 22.4 Å². The van der Waals surface area contributed by atoms with E-state index in [1.54, 1.807) is 18.6 Å². The second-order valence-corrected chi connectivity index (χ2v) is 7.92. The number of benzene rings is 2. The van der Waals surface area contributed by atoms with Gasteiger partial charge in [0.1, 0.15) is 23.7 Å². The lowest BCUT2D eigenvalue weighted by Gasteiger charge is -2.20. The maximum Gasteiger partial charge on any atom is 0.144 e. The lowest BCUT2D eigenvalue weighted by atomic mass is 10.0. The zero-order chi connectivity index (χ0) is 21.7. The molecule has 0 fully saturated rings. The van der Waals surface area contributed by atoms with Crippen LogP contribution in [0.2, 0.25) is 5.02 Å². The lowest BCUT2D eigenvalue weighted by Crippen LogP contribution is -2.15. The molecular formula is C23H15ClFN7. The SMILES string of the molecule is Fc1cc2c(cc1Cl)N(c1ncnc3ccc(-c4ccc(-c5cn[nH]n5)nc4)cc13)CC2. The Morgan fingerprint density at radius 1 is 0.938 bits per heavy atom. The number of pyridine rings is 1. The van der Waals surface area contributed by atoms with Gasteiger partial charge in [0.15, 0.2) is 0 Å². The van der Waals surface area contributed by atoms with E-state index in [2.05, 4.69) is 41.3 Å². The predicted octanol–water partition coefficient (Wildman–Crippen LogP) is 4.96. The number of halogens is 2. The molecule has 9 heteroatoms. The number of rotatable bonds is 3. The van der Waals surface area contributed by atoms with Gasteiger partial charge in [-0.15, -0.1) is 0 Å². The van der Waals surface area contributed by atoms with Gasteiger partial charge < -0.3 is 4.90 Å². The summed E-state index contributed by atoms with van der Waals surface area (Å²) in [4.78, 5) is 15.6. The highest BCUT2D eigenvalue weighted by Crippen LogP contribution is 2.39. The molecule has 0 saturated carbocycles. The lowest BCUT2D eigenvalue weighted by molar-refractivity contribution is 0.627. The molecule has 0 amide bonds. The third-order valence-corrected chi connectivity index (χ3v) is 5.95. The van der Waals surface area contributed by atoms with E-state index < -0.39 is 5.82 Å². The van der Waals surface area contributed by atoms with E-state index in [0.717, 1.165) is 51.2 Å². The Hall–Kier alpha value is -3.91. The first-order valence-electron chi connectivity index (χ1n) is 10.0. The summed E-state index contributed by atoms with van der Waals surface area (Å²) >= 11 is 6.07. The number of aromatic amines is 1. The van der Waals surface area contributed by atoms with Gasteiger partial charge in [-0.25, -0.2) is 14.4 Å². The summed E-state index contributed by atoms with van der Waals surface area (Å²) in [5, 5.41) is 11.5. The first-order chi connectivity index (χ1) is 15.7. The molecule has 0 spiro atoms. The Kier molecular flexibility index (Phi) is 4.32. The van der Waals surface area contributed by atoms with Crippen molar-refractivity contribution >= 4 is 34.0 Å². The standard InChI is InChI=1S/C23H15ClFN7/c24-17-9-22-14(8-18(17)25)5-6-32(22)23-16-7-13(1-3-19(16)27-12-28-23)15-2-4-20(26-10-15)21-11-29-31-30-21/h1-4,7-12H,5-6H2,(H,29,30,31). The van der Waals surface area contributed by atoms with Crippen LogP contribution in [0.4, 0.5) is 15.9 Å². The first-order valence-corrected chi connectivity index (χ1v) is 10.4. The molecule has 0 saturated heterocycles. The van der Waals surface area contributed by atoms with Gasteiger partial charge in [-0.2, -0.15) is 15.4 Å². The minimum Gasteiger partial charge on any atom is -0.325 e. The van der Waals surface area contributed by atoms with Crippen LogP contribution < -0.4 is 4.90 Å².